The number of hydrogen-bond acceptors (Lipinski definition) is 4. The quantitative estimate of drug-likeness (QED) is 0.699. The fraction of sp³-hybridized carbons (Fsp3) is 0.381. The van der Waals surface area contributed by atoms with Gasteiger partial charge < -0.3 is 5.11 Å². The Hall–Kier alpha value is -2.24. The fourth-order valence-corrected chi connectivity index (χ4v) is 4.12. The van der Waals surface area contributed by atoms with Crippen LogP contribution in [0.15, 0.2) is 35.5 Å². The van der Waals surface area contributed by atoms with Crippen molar-refractivity contribution >= 4 is 22.5 Å². The minimum absolute atomic E-state index is 0.0791. The molecule has 2 atom stereocenters. The van der Waals surface area contributed by atoms with Crippen LogP contribution in [-0.4, -0.2) is 25.7 Å². The van der Waals surface area contributed by atoms with E-state index in [1.807, 2.05) is 19.1 Å². The molecule has 0 saturated heterocycles. The van der Waals surface area contributed by atoms with Gasteiger partial charge in [0, 0.05) is 6.20 Å². The maximum atomic E-state index is 13.2. The third-order valence-electron chi connectivity index (χ3n) is 5.73. The van der Waals surface area contributed by atoms with Gasteiger partial charge in [-0.1, -0.05) is 17.7 Å². The standard InChI is InChI=1S/C21H22ClN3O2/c1-12-13(2)20-16(9-15(12)8-14-6-7-19(22)23-10-14)21(27)25(11-24-20)17-4-3-5-18(17)26/h6-7,9-11,17-18,26H,3-5,8H2,1-2H3/t17-,18-/m0/s1. The zero-order valence-corrected chi connectivity index (χ0v) is 16.2. The number of pyridine rings is 1. The summed E-state index contributed by atoms with van der Waals surface area (Å²) in [6.45, 7) is 4.06. The smallest absolute Gasteiger partial charge is 0.261 e. The zero-order valence-electron chi connectivity index (χ0n) is 15.4. The van der Waals surface area contributed by atoms with Crippen LogP contribution in [-0.2, 0) is 6.42 Å². The maximum Gasteiger partial charge on any atom is 0.261 e. The molecule has 5 nitrogen and oxygen atoms in total. The predicted octanol–water partition coefficient (Wildman–Crippen LogP) is 3.74. The molecule has 1 fully saturated rings. The van der Waals surface area contributed by atoms with Gasteiger partial charge in [0.2, 0.25) is 0 Å². The molecule has 0 unspecified atom stereocenters. The monoisotopic (exact) mass is 383 g/mol. The number of fused-ring (bicyclic) bond motifs is 1. The highest BCUT2D eigenvalue weighted by Crippen LogP contribution is 2.30. The Morgan fingerprint density at radius 1 is 1.22 bits per heavy atom. The van der Waals surface area contributed by atoms with Gasteiger partial charge in [0.05, 0.1) is 29.4 Å². The lowest BCUT2D eigenvalue weighted by molar-refractivity contribution is 0.134. The number of aliphatic hydroxyl groups excluding tert-OH is 1. The van der Waals surface area contributed by atoms with Gasteiger partial charge in [-0.15, -0.1) is 0 Å². The molecule has 1 aliphatic rings. The highest BCUT2D eigenvalue weighted by Gasteiger charge is 2.28. The highest BCUT2D eigenvalue weighted by molar-refractivity contribution is 6.29. The van der Waals surface area contributed by atoms with E-state index in [0.29, 0.717) is 17.0 Å². The van der Waals surface area contributed by atoms with Crippen LogP contribution in [0.1, 0.15) is 47.6 Å². The molecule has 1 N–H and O–H groups in total. The van der Waals surface area contributed by atoms with Crippen LogP contribution in [0.4, 0.5) is 0 Å². The Balaban J connectivity index is 1.83. The Bertz CT molecular complexity index is 1060. The lowest BCUT2D eigenvalue weighted by Gasteiger charge is -2.19. The molecular weight excluding hydrogens is 362 g/mol. The summed E-state index contributed by atoms with van der Waals surface area (Å²) in [6.07, 6.45) is 6.02. The molecule has 1 saturated carbocycles. The van der Waals surface area contributed by atoms with Crippen molar-refractivity contribution in [2.75, 3.05) is 0 Å². The number of halogens is 1. The summed E-state index contributed by atoms with van der Waals surface area (Å²) in [5.74, 6) is 0. The summed E-state index contributed by atoms with van der Waals surface area (Å²) in [7, 11) is 0. The summed E-state index contributed by atoms with van der Waals surface area (Å²) in [6, 6.07) is 5.49. The van der Waals surface area contributed by atoms with Crippen LogP contribution in [0.5, 0.6) is 0 Å². The van der Waals surface area contributed by atoms with Gasteiger partial charge in [0.25, 0.3) is 5.56 Å². The van der Waals surface area contributed by atoms with Crippen LogP contribution >= 0.6 is 11.6 Å². The topological polar surface area (TPSA) is 68.0 Å². The van der Waals surface area contributed by atoms with E-state index in [0.717, 1.165) is 47.0 Å². The number of rotatable bonds is 3. The Labute approximate surface area is 162 Å². The predicted molar refractivity (Wildman–Crippen MR) is 106 cm³/mol. The minimum atomic E-state index is -0.479. The van der Waals surface area contributed by atoms with Crippen LogP contribution in [0.2, 0.25) is 5.15 Å². The lowest BCUT2D eigenvalue weighted by Crippen LogP contribution is -2.29. The molecule has 0 amide bonds. The fourth-order valence-electron chi connectivity index (χ4n) is 4.01. The normalized spacial score (nSPS) is 19.7. The third-order valence-corrected chi connectivity index (χ3v) is 5.96. The second-order valence-corrected chi connectivity index (χ2v) is 7.76. The van der Waals surface area contributed by atoms with Crippen LogP contribution in [0.25, 0.3) is 10.9 Å². The van der Waals surface area contributed by atoms with Crippen molar-refractivity contribution in [2.45, 2.75) is 51.7 Å². The Morgan fingerprint density at radius 3 is 2.70 bits per heavy atom. The summed E-state index contributed by atoms with van der Waals surface area (Å²) in [5, 5.41) is 11.3. The second-order valence-electron chi connectivity index (χ2n) is 7.37. The molecule has 2 heterocycles. The average Bonchev–Trinajstić information content (AvgIpc) is 3.08. The van der Waals surface area contributed by atoms with Crippen molar-refractivity contribution in [3.05, 3.63) is 68.5 Å². The van der Waals surface area contributed by atoms with E-state index in [1.165, 1.54) is 0 Å². The van der Waals surface area contributed by atoms with E-state index in [4.69, 9.17) is 11.6 Å². The van der Waals surface area contributed by atoms with E-state index in [9.17, 15) is 9.90 Å². The van der Waals surface area contributed by atoms with Gasteiger partial charge in [-0.2, -0.15) is 0 Å². The van der Waals surface area contributed by atoms with E-state index >= 15 is 0 Å². The number of nitrogens with zero attached hydrogens (tertiary/aromatic N) is 3. The van der Waals surface area contributed by atoms with Crippen molar-refractivity contribution in [3.63, 3.8) is 0 Å². The highest BCUT2D eigenvalue weighted by atomic mass is 35.5. The molecular formula is C21H22ClN3O2. The Kier molecular flexibility index (Phi) is 4.74. The molecule has 6 heteroatoms. The molecule has 0 bridgehead atoms. The number of aliphatic hydroxyl groups is 1. The number of hydrogen-bond donors (Lipinski definition) is 1. The van der Waals surface area contributed by atoms with Gasteiger partial charge in [0.1, 0.15) is 5.15 Å². The van der Waals surface area contributed by atoms with Gasteiger partial charge in [-0.3, -0.25) is 9.36 Å². The van der Waals surface area contributed by atoms with Gasteiger partial charge >= 0.3 is 0 Å². The summed E-state index contributed by atoms with van der Waals surface area (Å²) >= 11 is 5.88. The summed E-state index contributed by atoms with van der Waals surface area (Å²) < 4.78 is 1.61. The molecule has 0 spiro atoms. The molecule has 140 valence electrons. The Morgan fingerprint density at radius 2 is 2.04 bits per heavy atom. The molecule has 1 aromatic carbocycles. The van der Waals surface area contributed by atoms with Gasteiger partial charge in [-0.05, 0) is 73.9 Å². The minimum Gasteiger partial charge on any atom is -0.391 e. The third kappa shape index (κ3) is 3.26. The van der Waals surface area contributed by atoms with Crippen molar-refractivity contribution in [2.24, 2.45) is 0 Å². The molecule has 27 heavy (non-hydrogen) atoms. The first-order valence-corrected chi connectivity index (χ1v) is 9.62. The van der Waals surface area contributed by atoms with E-state index in [1.54, 1.807) is 23.2 Å². The van der Waals surface area contributed by atoms with Crippen molar-refractivity contribution < 1.29 is 5.11 Å². The lowest BCUT2D eigenvalue weighted by atomic mass is 9.95. The van der Waals surface area contributed by atoms with Crippen LogP contribution in [0.3, 0.4) is 0 Å². The van der Waals surface area contributed by atoms with Crippen molar-refractivity contribution in [1.82, 2.24) is 14.5 Å². The molecule has 4 rings (SSSR count). The number of aromatic nitrogens is 3. The maximum absolute atomic E-state index is 13.2. The van der Waals surface area contributed by atoms with Crippen molar-refractivity contribution in [1.29, 1.82) is 0 Å². The van der Waals surface area contributed by atoms with Crippen molar-refractivity contribution in [3.8, 4) is 0 Å². The first-order chi connectivity index (χ1) is 13.0. The van der Waals surface area contributed by atoms with E-state index < -0.39 is 6.10 Å². The SMILES string of the molecule is Cc1c(Cc2ccc(Cl)nc2)cc2c(=O)n([C@H]3CCC[C@@H]3O)cnc2c1C. The zero-order chi connectivity index (χ0) is 19.1. The molecule has 2 aromatic heterocycles. The average molecular weight is 384 g/mol. The summed E-state index contributed by atoms with van der Waals surface area (Å²) in [5.41, 5.74) is 4.91. The van der Waals surface area contributed by atoms with Crippen LogP contribution in [0, 0.1) is 13.8 Å². The number of aryl methyl sites for hydroxylation is 1. The van der Waals surface area contributed by atoms with Gasteiger partial charge in [0.15, 0.2) is 0 Å². The molecule has 1 aliphatic carbocycles. The molecule has 3 aromatic rings. The summed E-state index contributed by atoms with van der Waals surface area (Å²) in [4.78, 5) is 21.9. The second kappa shape index (κ2) is 7.06. The van der Waals surface area contributed by atoms with E-state index in [2.05, 4.69) is 16.9 Å². The van der Waals surface area contributed by atoms with Crippen LogP contribution < -0.4 is 5.56 Å². The largest absolute Gasteiger partial charge is 0.391 e. The number of benzene rings is 1. The van der Waals surface area contributed by atoms with E-state index in [-0.39, 0.29) is 11.6 Å². The molecule has 0 radical (unpaired) electrons. The first-order valence-electron chi connectivity index (χ1n) is 9.24. The van der Waals surface area contributed by atoms with Gasteiger partial charge in [-0.25, -0.2) is 9.97 Å². The molecule has 0 aliphatic heterocycles. The first kappa shape index (κ1) is 18.1.